The second-order valence-electron chi connectivity index (χ2n) is 3.58. The van der Waals surface area contributed by atoms with Crippen LogP contribution in [-0.2, 0) is 16.6 Å². The lowest BCUT2D eigenvalue weighted by molar-refractivity contribution is -0.158. The first-order valence-corrected chi connectivity index (χ1v) is 6.54. The van der Waals surface area contributed by atoms with Crippen molar-refractivity contribution in [3.05, 3.63) is 18.5 Å². The van der Waals surface area contributed by atoms with E-state index in [9.17, 15) is 21.6 Å². The second kappa shape index (κ2) is 5.29. The summed E-state index contributed by atoms with van der Waals surface area (Å²) in [6, 6.07) is -1.32. The van der Waals surface area contributed by atoms with Crippen LogP contribution in [-0.4, -0.2) is 36.9 Å². The standard InChI is InChI=1S/C9H13F3N2O3S/c1-2-14-4-3-7(5-14)18(16,17)13-8(6-15)9(10,11)12/h3-5,8,13,15H,2,6H2,1H3/t8-/m0/s1. The summed E-state index contributed by atoms with van der Waals surface area (Å²) in [6.45, 7) is 0.908. The maximum atomic E-state index is 12.3. The van der Waals surface area contributed by atoms with E-state index < -0.39 is 28.8 Å². The van der Waals surface area contributed by atoms with Crippen LogP contribution < -0.4 is 4.72 Å². The monoisotopic (exact) mass is 286 g/mol. The minimum atomic E-state index is -4.84. The van der Waals surface area contributed by atoms with Crippen molar-refractivity contribution in [3.8, 4) is 0 Å². The molecule has 0 bridgehead atoms. The lowest BCUT2D eigenvalue weighted by Crippen LogP contribution is -2.47. The Morgan fingerprint density at radius 2 is 2.11 bits per heavy atom. The first kappa shape index (κ1) is 15.0. The van der Waals surface area contributed by atoms with E-state index in [-0.39, 0.29) is 4.90 Å². The molecule has 2 N–H and O–H groups in total. The smallest absolute Gasteiger partial charge is 0.394 e. The SMILES string of the molecule is CCn1ccc(S(=O)(=O)N[C@@H](CO)C(F)(F)F)c1. The molecule has 1 atom stereocenters. The molecule has 1 rings (SSSR count). The Kier molecular flexibility index (Phi) is 4.41. The highest BCUT2D eigenvalue weighted by molar-refractivity contribution is 7.89. The van der Waals surface area contributed by atoms with Gasteiger partial charge in [0.25, 0.3) is 0 Å². The molecular weight excluding hydrogens is 273 g/mol. The zero-order chi connectivity index (χ0) is 14.0. The van der Waals surface area contributed by atoms with Crippen LogP contribution in [0.25, 0.3) is 0 Å². The van der Waals surface area contributed by atoms with E-state index in [1.165, 1.54) is 27.7 Å². The maximum absolute atomic E-state index is 12.3. The van der Waals surface area contributed by atoms with Crippen LogP contribution in [0.4, 0.5) is 13.2 Å². The van der Waals surface area contributed by atoms with Gasteiger partial charge >= 0.3 is 6.18 Å². The van der Waals surface area contributed by atoms with E-state index in [1.807, 2.05) is 0 Å². The van der Waals surface area contributed by atoms with Gasteiger partial charge in [-0.15, -0.1) is 0 Å². The first-order valence-electron chi connectivity index (χ1n) is 5.06. The molecule has 5 nitrogen and oxygen atoms in total. The molecule has 1 heterocycles. The minimum absolute atomic E-state index is 0.271. The molecule has 0 aliphatic heterocycles. The Balaban J connectivity index is 2.94. The molecule has 0 aromatic carbocycles. The number of hydrogen-bond acceptors (Lipinski definition) is 3. The van der Waals surface area contributed by atoms with Crippen molar-refractivity contribution in [1.82, 2.24) is 9.29 Å². The summed E-state index contributed by atoms with van der Waals surface area (Å²) in [5, 5.41) is 8.57. The number of rotatable bonds is 5. The second-order valence-corrected chi connectivity index (χ2v) is 5.29. The van der Waals surface area contributed by atoms with Crippen molar-refractivity contribution in [2.24, 2.45) is 0 Å². The third-order valence-corrected chi connectivity index (χ3v) is 3.73. The summed E-state index contributed by atoms with van der Waals surface area (Å²) in [6.07, 6.45) is -2.18. The fourth-order valence-electron chi connectivity index (χ4n) is 1.24. The van der Waals surface area contributed by atoms with E-state index in [1.54, 1.807) is 6.92 Å². The molecule has 104 valence electrons. The van der Waals surface area contributed by atoms with Gasteiger partial charge in [0.1, 0.15) is 6.04 Å². The molecule has 0 spiro atoms. The summed E-state index contributed by atoms with van der Waals surface area (Å²) < 4.78 is 63.3. The summed E-state index contributed by atoms with van der Waals surface area (Å²) >= 11 is 0. The lowest BCUT2D eigenvalue weighted by Gasteiger charge is -2.18. The van der Waals surface area contributed by atoms with E-state index in [0.717, 1.165) is 0 Å². The van der Waals surface area contributed by atoms with Crippen LogP contribution in [0.2, 0.25) is 0 Å². The molecule has 0 radical (unpaired) electrons. The van der Waals surface area contributed by atoms with E-state index in [0.29, 0.717) is 6.54 Å². The van der Waals surface area contributed by atoms with Gasteiger partial charge in [0, 0.05) is 18.9 Å². The summed E-state index contributed by atoms with van der Waals surface area (Å²) in [4.78, 5) is -0.271. The number of alkyl halides is 3. The summed E-state index contributed by atoms with van der Waals surface area (Å²) in [7, 11) is -4.29. The number of aliphatic hydroxyl groups excluding tert-OH is 1. The number of aromatic nitrogens is 1. The quantitative estimate of drug-likeness (QED) is 0.837. The highest BCUT2D eigenvalue weighted by Crippen LogP contribution is 2.21. The van der Waals surface area contributed by atoms with Gasteiger partial charge in [-0.1, -0.05) is 0 Å². The Hall–Kier alpha value is -1.06. The minimum Gasteiger partial charge on any atom is -0.394 e. The normalized spacial score (nSPS) is 14.7. The van der Waals surface area contributed by atoms with Crippen LogP contribution in [0.1, 0.15) is 6.92 Å². The summed E-state index contributed by atoms with van der Waals surface area (Å²) in [5.41, 5.74) is 0. The molecule has 18 heavy (non-hydrogen) atoms. The largest absolute Gasteiger partial charge is 0.407 e. The fraction of sp³-hybridized carbons (Fsp3) is 0.556. The van der Waals surface area contributed by atoms with Gasteiger partial charge in [0.05, 0.1) is 11.5 Å². The fourth-order valence-corrected chi connectivity index (χ4v) is 2.47. The van der Waals surface area contributed by atoms with E-state index in [4.69, 9.17) is 5.11 Å². The van der Waals surface area contributed by atoms with Crippen molar-refractivity contribution in [2.75, 3.05) is 6.61 Å². The Bertz CT molecular complexity index is 495. The van der Waals surface area contributed by atoms with Crippen molar-refractivity contribution in [2.45, 2.75) is 30.6 Å². The third kappa shape index (κ3) is 3.47. The first-order chi connectivity index (χ1) is 8.20. The number of hydrogen-bond donors (Lipinski definition) is 2. The predicted molar refractivity (Wildman–Crippen MR) is 57.4 cm³/mol. The number of aryl methyl sites for hydroxylation is 1. The predicted octanol–water partition coefficient (Wildman–Crippen LogP) is 0.709. The average molecular weight is 286 g/mol. The molecule has 0 saturated carbocycles. The number of aliphatic hydroxyl groups is 1. The van der Waals surface area contributed by atoms with Gasteiger partial charge in [-0.2, -0.15) is 17.9 Å². The van der Waals surface area contributed by atoms with Crippen molar-refractivity contribution >= 4 is 10.0 Å². The zero-order valence-electron chi connectivity index (χ0n) is 9.48. The Morgan fingerprint density at radius 3 is 2.50 bits per heavy atom. The molecule has 1 aromatic rings. The van der Waals surface area contributed by atoms with Crippen LogP contribution in [0.5, 0.6) is 0 Å². The summed E-state index contributed by atoms with van der Waals surface area (Å²) in [5.74, 6) is 0. The van der Waals surface area contributed by atoms with Gasteiger partial charge in [0.2, 0.25) is 10.0 Å². The van der Waals surface area contributed by atoms with Crippen LogP contribution >= 0.6 is 0 Å². The van der Waals surface area contributed by atoms with Crippen molar-refractivity contribution in [3.63, 3.8) is 0 Å². The molecule has 0 fully saturated rings. The third-order valence-electron chi connectivity index (χ3n) is 2.27. The highest BCUT2D eigenvalue weighted by atomic mass is 32.2. The molecule has 0 unspecified atom stereocenters. The Labute approximate surface area is 102 Å². The van der Waals surface area contributed by atoms with Crippen LogP contribution in [0, 0.1) is 0 Å². The zero-order valence-corrected chi connectivity index (χ0v) is 10.3. The van der Waals surface area contributed by atoms with Crippen LogP contribution in [0.15, 0.2) is 23.4 Å². The number of sulfonamides is 1. The molecule has 0 aliphatic rings. The van der Waals surface area contributed by atoms with Gasteiger partial charge in [0.15, 0.2) is 0 Å². The molecule has 1 aromatic heterocycles. The molecule has 0 saturated heterocycles. The van der Waals surface area contributed by atoms with Crippen molar-refractivity contribution in [1.29, 1.82) is 0 Å². The average Bonchev–Trinajstić information content (AvgIpc) is 2.73. The highest BCUT2D eigenvalue weighted by Gasteiger charge is 2.42. The number of nitrogens with one attached hydrogen (secondary N) is 1. The molecule has 0 amide bonds. The topological polar surface area (TPSA) is 71.3 Å². The van der Waals surface area contributed by atoms with E-state index in [2.05, 4.69) is 0 Å². The van der Waals surface area contributed by atoms with E-state index >= 15 is 0 Å². The Morgan fingerprint density at radius 1 is 1.50 bits per heavy atom. The number of nitrogens with zero attached hydrogens (tertiary/aromatic N) is 1. The van der Waals surface area contributed by atoms with Gasteiger partial charge in [-0.3, -0.25) is 0 Å². The molecule has 9 heteroatoms. The van der Waals surface area contributed by atoms with Crippen molar-refractivity contribution < 1.29 is 26.7 Å². The maximum Gasteiger partial charge on any atom is 0.407 e. The van der Waals surface area contributed by atoms with Crippen LogP contribution in [0.3, 0.4) is 0 Å². The molecular formula is C9H13F3N2O3S. The molecule has 0 aliphatic carbocycles. The number of halogens is 3. The van der Waals surface area contributed by atoms with Gasteiger partial charge < -0.3 is 9.67 Å². The lowest BCUT2D eigenvalue weighted by atomic mass is 10.3. The van der Waals surface area contributed by atoms with Gasteiger partial charge in [-0.05, 0) is 13.0 Å². The van der Waals surface area contributed by atoms with Gasteiger partial charge in [-0.25, -0.2) is 8.42 Å².